The molecule has 1 heterocycles. The van der Waals surface area contributed by atoms with Crippen molar-refractivity contribution in [1.29, 1.82) is 0 Å². The molecular formula is C38H60F4N2O7S. The molecule has 9 nitrogen and oxygen atoms in total. The molecule has 1 fully saturated rings. The van der Waals surface area contributed by atoms with Crippen LogP contribution in [-0.4, -0.2) is 86.1 Å². The maximum Gasteiger partial charge on any atom is 0.303 e. The minimum Gasteiger partial charge on any atom is -0.494 e. The maximum absolute atomic E-state index is 14.7. The van der Waals surface area contributed by atoms with Crippen molar-refractivity contribution in [3.05, 3.63) is 72.3 Å². The zero-order valence-electron chi connectivity index (χ0n) is 32.6. The zero-order valence-corrected chi connectivity index (χ0v) is 33.4. The van der Waals surface area contributed by atoms with Crippen molar-refractivity contribution in [2.75, 3.05) is 39.2 Å². The highest BCUT2D eigenvalue weighted by Gasteiger charge is 2.34. The number of hydrogen-bond donors (Lipinski definition) is 2. The predicted octanol–water partition coefficient (Wildman–Crippen LogP) is 7.96. The number of ether oxygens (including phenoxy) is 2. The summed E-state index contributed by atoms with van der Waals surface area (Å²) in [4.78, 5) is 13.0. The van der Waals surface area contributed by atoms with E-state index in [-0.39, 0.29) is 28.3 Å². The second-order valence-electron chi connectivity index (χ2n) is 15.1. The second-order valence-corrected chi connectivity index (χ2v) is 16.7. The molecule has 3 rings (SSSR count). The lowest BCUT2D eigenvalue weighted by atomic mass is 10.0. The molecule has 0 aliphatic carbocycles. The summed E-state index contributed by atoms with van der Waals surface area (Å²) in [6, 6.07) is 10.2. The number of nitrogens with zero attached hydrogens (tertiary/aromatic N) is 1. The van der Waals surface area contributed by atoms with E-state index < -0.39 is 40.8 Å². The van der Waals surface area contributed by atoms with Crippen molar-refractivity contribution in [1.82, 2.24) is 10.2 Å². The summed E-state index contributed by atoms with van der Waals surface area (Å²) >= 11 is 0. The van der Waals surface area contributed by atoms with E-state index in [0.29, 0.717) is 17.9 Å². The van der Waals surface area contributed by atoms with Gasteiger partial charge >= 0.3 is 5.92 Å². The van der Waals surface area contributed by atoms with E-state index in [1.165, 1.54) is 55.6 Å². The number of alkyl halides is 4. The zero-order chi connectivity index (χ0) is 40.6. The summed E-state index contributed by atoms with van der Waals surface area (Å²) < 4.78 is 90.9. The number of unbranched alkanes of at least 4 members (excludes halogenated alkanes) is 1. The van der Waals surface area contributed by atoms with Gasteiger partial charge in [0.2, 0.25) is 5.91 Å². The first-order valence-corrected chi connectivity index (χ1v) is 18.8. The number of aliphatic hydroxyl groups is 1. The third kappa shape index (κ3) is 23.4. The third-order valence-corrected chi connectivity index (χ3v) is 7.17. The fraction of sp³-hybridized carbons (Fsp3) is 0.605. The van der Waals surface area contributed by atoms with Crippen molar-refractivity contribution >= 4 is 16.0 Å². The molecule has 0 radical (unpaired) electrons. The van der Waals surface area contributed by atoms with E-state index in [0.717, 1.165) is 31.2 Å². The molecule has 2 N–H and O–H groups in total. The molecule has 0 aromatic heterocycles. The largest absolute Gasteiger partial charge is 0.494 e. The normalized spacial score (nSPS) is 13.5. The molecule has 0 atom stereocenters. The summed E-state index contributed by atoms with van der Waals surface area (Å²) in [5, 5.41) is 11.2. The van der Waals surface area contributed by atoms with Crippen LogP contribution in [0.3, 0.4) is 0 Å². The van der Waals surface area contributed by atoms with Gasteiger partial charge in [0.25, 0.3) is 16.0 Å². The molecule has 0 saturated carbocycles. The number of amides is 1. The lowest BCUT2D eigenvalue weighted by molar-refractivity contribution is -0.117. The van der Waals surface area contributed by atoms with Crippen LogP contribution >= 0.6 is 0 Å². The molecule has 0 bridgehead atoms. The van der Waals surface area contributed by atoms with Crippen molar-refractivity contribution in [2.45, 2.75) is 111 Å². The van der Waals surface area contributed by atoms with Gasteiger partial charge < -0.3 is 19.9 Å². The van der Waals surface area contributed by atoms with Crippen LogP contribution in [0.1, 0.15) is 93.2 Å². The first-order valence-electron chi connectivity index (χ1n) is 17.0. The molecule has 0 spiro atoms. The minimum absolute atomic E-state index is 0.0161. The van der Waals surface area contributed by atoms with Gasteiger partial charge in [-0.15, -0.1) is 0 Å². The SMILES string of the molecule is C=CC(=O)NC(C)(C)C.CC(C)(C)N1CC1.CC(C)(C)OS(C)(=O)=O.CCCCOc1ccc(C(F)(F)c2ccc(OCC(F)(F)CO)cc2)cc1. The van der Waals surface area contributed by atoms with Crippen molar-refractivity contribution < 1.29 is 49.5 Å². The van der Waals surface area contributed by atoms with Gasteiger partial charge in [0.1, 0.15) is 18.1 Å². The average Bonchev–Trinajstić information content (AvgIpc) is 3.86. The molecule has 0 unspecified atom stereocenters. The Kier molecular flexibility index (Phi) is 19.6. The van der Waals surface area contributed by atoms with E-state index in [9.17, 15) is 30.8 Å². The van der Waals surface area contributed by atoms with Crippen LogP contribution in [0, 0.1) is 0 Å². The maximum atomic E-state index is 14.7. The quantitative estimate of drug-likeness (QED) is 0.0736. The Bertz CT molecular complexity index is 1440. The number of carbonyl (C=O) groups is 1. The Hall–Kier alpha value is -3.20. The lowest BCUT2D eigenvalue weighted by Crippen LogP contribution is -2.39. The topological polar surface area (TPSA) is 114 Å². The Morgan fingerprint density at radius 3 is 1.56 bits per heavy atom. The fourth-order valence-corrected chi connectivity index (χ4v) is 4.76. The average molecular weight is 765 g/mol. The standard InChI is InChI=1S/C20H22F4O3.C7H13NO.C6H13N.C5H12O3S/c1-2-3-12-26-17-8-4-15(5-9-17)20(23,24)16-6-10-18(11-7-16)27-14-19(21,22)13-25;1-5-6(9)8-7(2,3)4;1-6(2,3)7-4-5-7;1-5(2,3)8-9(4,6)7/h4-11,25H,2-3,12-14H2,1H3;5H,1H2,2-4H3,(H,8,9);4-5H2,1-3H3;1-4H3. The van der Waals surface area contributed by atoms with E-state index in [4.69, 9.17) is 14.6 Å². The van der Waals surface area contributed by atoms with Crippen molar-refractivity contribution in [3.8, 4) is 11.5 Å². The van der Waals surface area contributed by atoms with E-state index in [1.807, 2.05) is 27.7 Å². The van der Waals surface area contributed by atoms with Gasteiger partial charge in [-0.25, -0.2) is 8.78 Å². The Labute approximate surface area is 308 Å². The summed E-state index contributed by atoms with van der Waals surface area (Å²) in [7, 11) is -3.28. The molecule has 52 heavy (non-hydrogen) atoms. The van der Waals surface area contributed by atoms with Crippen LogP contribution < -0.4 is 14.8 Å². The van der Waals surface area contributed by atoms with Gasteiger partial charge in [-0.2, -0.15) is 17.2 Å². The third-order valence-electron chi connectivity index (χ3n) is 6.36. The number of nitrogens with one attached hydrogen (secondary N) is 1. The van der Waals surface area contributed by atoms with Crippen molar-refractivity contribution in [2.24, 2.45) is 0 Å². The summed E-state index contributed by atoms with van der Waals surface area (Å²) in [6.07, 6.45) is 4.17. The number of benzene rings is 2. The summed E-state index contributed by atoms with van der Waals surface area (Å²) in [5.41, 5.74) is -0.798. The number of hydrogen-bond acceptors (Lipinski definition) is 8. The van der Waals surface area contributed by atoms with Crippen LogP contribution in [0.5, 0.6) is 11.5 Å². The van der Waals surface area contributed by atoms with Crippen LogP contribution in [0.25, 0.3) is 0 Å². The molecule has 1 aliphatic heterocycles. The van der Waals surface area contributed by atoms with Crippen LogP contribution in [0.4, 0.5) is 17.6 Å². The molecule has 298 valence electrons. The fourth-order valence-electron chi connectivity index (χ4n) is 3.85. The minimum atomic E-state index is -3.39. The van der Waals surface area contributed by atoms with Crippen LogP contribution in [0.15, 0.2) is 61.2 Å². The molecule has 1 saturated heterocycles. The molecule has 1 amide bonds. The number of rotatable bonds is 12. The van der Waals surface area contributed by atoms with Crippen molar-refractivity contribution in [3.63, 3.8) is 0 Å². The highest BCUT2D eigenvalue weighted by atomic mass is 32.2. The molecule has 2 aromatic rings. The van der Waals surface area contributed by atoms with Crippen LogP contribution in [-0.2, 0) is 25.0 Å². The Morgan fingerprint density at radius 2 is 1.31 bits per heavy atom. The van der Waals surface area contributed by atoms with E-state index in [2.05, 4.69) is 41.7 Å². The smallest absolute Gasteiger partial charge is 0.303 e. The molecule has 14 heteroatoms. The number of halogens is 4. The van der Waals surface area contributed by atoms with Gasteiger partial charge in [0.15, 0.2) is 6.61 Å². The van der Waals surface area contributed by atoms with Gasteiger partial charge in [-0.05, 0) is 123 Å². The monoisotopic (exact) mass is 764 g/mol. The highest BCUT2D eigenvalue weighted by Crippen LogP contribution is 2.37. The summed E-state index contributed by atoms with van der Waals surface area (Å²) in [6.45, 7) is 23.7. The van der Waals surface area contributed by atoms with Gasteiger partial charge in [-0.3, -0.25) is 13.9 Å². The predicted molar refractivity (Wildman–Crippen MR) is 199 cm³/mol. The van der Waals surface area contributed by atoms with E-state index in [1.54, 1.807) is 20.8 Å². The molecular weight excluding hydrogens is 704 g/mol. The number of aliphatic hydroxyl groups excluding tert-OH is 1. The Balaban J connectivity index is 0.000000840. The first kappa shape index (κ1) is 48.8. The summed E-state index contributed by atoms with van der Waals surface area (Å²) in [5.74, 6) is -6.22. The molecule has 1 aliphatic rings. The molecule has 2 aromatic carbocycles. The van der Waals surface area contributed by atoms with Crippen LogP contribution in [0.2, 0.25) is 0 Å². The first-order chi connectivity index (χ1) is 23.5. The second kappa shape index (κ2) is 20.9. The van der Waals surface area contributed by atoms with Gasteiger partial charge in [0, 0.05) is 35.3 Å². The van der Waals surface area contributed by atoms with Gasteiger partial charge in [0.05, 0.1) is 18.5 Å². The van der Waals surface area contributed by atoms with E-state index >= 15 is 0 Å². The lowest BCUT2D eigenvalue weighted by Gasteiger charge is -2.19. The highest BCUT2D eigenvalue weighted by molar-refractivity contribution is 7.86. The Morgan fingerprint density at radius 1 is 0.865 bits per heavy atom. The van der Waals surface area contributed by atoms with Gasteiger partial charge in [-0.1, -0.05) is 19.9 Å². The number of carbonyl (C=O) groups excluding carboxylic acids is 1.